The lowest BCUT2D eigenvalue weighted by atomic mass is 10.1. The number of esters is 1. The summed E-state index contributed by atoms with van der Waals surface area (Å²) in [4.78, 5) is 42.4. The summed E-state index contributed by atoms with van der Waals surface area (Å²) >= 11 is 0. The SMILES string of the molecule is CCOC(=O)c1ccc(N2C[C@@H](C(=O)Nc3cccc(C)n3)CC2=O)cc1. The van der Waals surface area contributed by atoms with Gasteiger partial charge in [-0.15, -0.1) is 0 Å². The molecule has 1 fully saturated rings. The van der Waals surface area contributed by atoms with Gasteiger partial charge in [-0.05, 0) is 50.2 Å². The van der Waals surface area contributed by atoms with Crippen molar-refractivity contribution >= 4 is 29.3 Å². The zero-order valence-corrected chi connectivity index (χ0v) is 15.3. The van der Waals surface area contributed by atoms with E-state index in [2.05, 4.69) is 10.3 Å². The molecular weight excluding hydrogens is 346 g/mol. The summed E-state index contributed by atoms with van der Waals surface area (Å²) in [5.41, 5.74) is 1.88. The quantitative estimate of drug-likeness (QED) is 0.821. The number of ether oxygens (including phenoxy) is 1. The molecule has 2 heterocycles. The zero-order chi connectivity index (χ0) is 19.4. The summed E-state index contributed by atoms with van der Waals surface area (Å²) in [6.07, 6.45) is 0.136. The minimum atomic E-state index is -0.454. The van der Waals surface area contributed by atoms with Crippen LogP contribution in [0.15, 0.2) is 42.5 Å². The number of nitrogens with one attached hydrogen (secondary N) is 1. The third-order valence-electron chi connectivity index (χ3n) is 4.33. The van der Waals surface area contributed by atoms with E-state index >= 15 is 0 Å². The second kappa shape index (κ2) is 7.99. The van der Waals surface area contributed by atoms with Gasteiger partial charge in [0.05, 0.1) is 18.1 Å². The number of anilines is 2. The largest absolute Gasteiger partial charge is 0.462 e. The van der Waals surface area contributed by atoms with Crippen LogP contribution in [-0.4, -0.2) is 35.9 Å². The molecule has 1 aromatic carbocycles. The zero-order valence-electron chi connectivity index (χ0n) is 15.3. The molecular formula is C20H21N3O4. The Kier molecular flexibility index (Phi) is 5.49. The van der Waals surface area contributed by atoms with Crippen LogP contribution in [0.1, 0.15) is 29.4 Å². The highest BCUT2D eigenvalue weighted by Gasteiger charge is 2.35. The van der Waals surface area contributed by atoms with E-state index in [0.717, 1.165) is 5.69 Å². The molecule has 2 amide bonds. The molecule has 0 aliphatic carbocycles. The normalized spacial score (nSPS) is 16.3. The number of pyridine rings is 1. The second-order valence-electron chi connectivity index (χ2n) is 6.33. The highest BCUT2D eigenvalue weighted by atomic mass is 16.5. The van der Waals surface area contributed by atoms with Gasteiger partial charge in [-0.25, -0.2) is 9.78 Å². The molecule has 1 aliphatic rings. The standard InChI is InChI=1S/C20H21N3O4/c1-3-27-20(26)14-7-9-16(10-8-14)23-12-15(11-18(23)24)19(25)22-17-6-4-5-13(2)21-17/h4-10,15H,3,11-12H2,1-2H3,(H,21,22,25)/t15-/m0/s1. The molecule has 0 saturated carbocycles. The van der Waals surface area contributed by atoms with Crippen molar-refractivity contribution < 1.29 is 19.1 Å². The number of hydrogen-bond donors (Lipinski definition) is 1. The van der Waals surface area contributed by atoms with E-state index in [9.17, 15) is 14.4 Å². The van der Waals surface area contributed by atoms with Crippen molar-refractivity contribution in [1.82, 2.24) is 4.98 Å². The third kappa shape index (κ3) is 4.31. The minimum absolute atomic E-state index is 0.128. The van der Waals surface area contributed by atoms with Crippen LogP contribution in [0.3, 0.4) is 0 Å². The van der Waals surface area contributed by atoms with E-state index in [1.165, 1.54) is 0 Å². The third-order valence-corrected chi connectivity index (χ3v) is 4.33. The fraction of sp³-hybridized carbons (Fsp3) is 0.300. The molecule has 1 aliphatic heterocycles. The number of carbonyl (C=O) groups excluding carboxylic acids is 3. The summed E-state index contributed by atoms with van der Waals surface area (Å²) in [6, 6.07) is 12.0. The van der Waals surface area contributed by atoms with E-state index in [4.69, 9.17) is 4.74 Å². The number of amides is 2. The lowest BCUT2D eigenvalue weighted by Crippen LogP contribution is -2.28. The van der Waals surface area contributed by atoms with Gasteiger partial charge < -0.3 is 15.0 Å². The number of benzene rings is 1. The molecule has 140 valence electrons. The summed E-state index contributed by atoms with van der Waals surface area (Å²) in [5, 5.41) is 2.77. The maximum absolute atomic E-state index is 12.5. The summed E-state index contributed by atoms with van der Waals surface area (Å²) < 4.78 is 4.95. The van der Waals surface area contributed by atoms with E-state index < -0.39 is 11.9 Å². The Hall–Kier alpha value is -3.22. The maximum atomic E-state index is 12.5. The van der Waals surface area contributed by atoms with Crippen molar-refractivity contribution in [3.05, 3.63) is 53.7 Å². The van der Waals surface area contributed by atoms with Crippen LogP contribution < -0.4 is 10.2 Å². The summed E-state index contributed by atoms with van der Waals surface area (Å²) in [6.45, 7) is 4.18. The van der Waals surface area contributed by atoms with E-state index in [-0.39, 0.29) is 24.8 Å². The Labute approximate surface area is 157 Å². The van der Waals surface area contributed by atoms with Crippen LogP contribution >= 0.6 is 0 Å². The molecule has 0 radical (unpaired) electrons. The van der Waals surface area contributed by atoms with Gasteiger partial charge in [0.1, 0.15) is 5.82 Å². The van der Waals surface area contributed by atoms with Gasteiger partial charge in [-0.2, -0.15) is 0 Å². The monoisotopic (exact) mass is 367 g/mol. The minimum Gasteiger partial charge on any atom is -0.462 e. The van der Waals surface area contributed by atoms with Gasteiger partial charge in [-0.3, -0.25) is 9.59 Å². The van der Waals surface area contributed by atoms with Gasteiger partial charge in [0, 0.05) is 24.3 Å². The topological polar surface area (TPSA) is 88.6 Å². The molecule has 27 heavy (non-hydrogen) atoms. The first kappa shape index (κ1) is 18.6. The van der Waals surface area contributed by atoms with Gasteiger partial charge in [-0.1, -0.05) is 6.07 Å². The van der Waals surface area contributed by atoms with Crippen molar-refractivity contribution in [2.24, 2.45) is 5.92 Å². The molecule has 1 saturated heterocycles. The van der Waals surface area contributed by atoms with Crippen molar-refractivity contribution in [1.29, 1.82) is 0 Å². The van der Waals surface area contributed by atoms with Crippen LogP contribution in [0.4, 0.5) is 11.5 Å². The first-order valence-electron chi connectivity index (χ1n) is 8.80. The lowest BCUT2D eigenvalue weighted by molar-refractivity contribution is -0.122. The first-order chi connectivity index (χ1) is 13.0. The van der Waals surface area contributed by atoms with Crippen molar-refractivity contribution in [3.63, 3.8) is 0 Å². The van der Waals surface area contributed by atoms with Gasteiger partial charge in [0.25, 0.3) is 0 Å². The predicted octanol–water partition coefficient (Wildman–Crippen LogP) is 2.56. The number of aryl methyl sites for hydroxylation is 1. The first-order valence-corrected chi connectivity index (χ1v) is 8.80. The van der Waals surface area contributed by atoms with Crippen LogP contribution in [0, 0.1) is 12.8 Å². The van der Waals surface area contributed by atoms with E-state index in [0.29, 0.717) is 23.7 Å². The molecule has 0 spiro atoms. The van der Waals surface area contributed by atoms with E-state index in [1.807, 2.05) is 19.1 Å². The van der Waals surface area contributed by atoms with E-state index in [1.54, 1.807) is 42.2 Å². The predicted molar refractivity (Wildman–Crippen MR) is 100 cm³/mol. The molecule has 3 rings (SSSR count). The Bertz CT molecular complexity index is 864. The smallest absolute Gasteiger partial charge is 0.338 e. The fourth-order valence-corrected chi connectivity index (χ4v) is 2.97. The number of carbonyl (C=O) groups is 3. The molecule has 0 bridgehead atoms. The molecule has 0 unspecified atom stereocenters. The van der Waals surface area contributed by atoms with Crippen molar-refractivity contribution in [2.45, 2.75) is 20.3 Å². The van der Waals surface area contributed by atoms with Crippen molar-refractivity contribution in [3.8, 4) is 0 Å². The fourth-order valence-electron chi connectivity index (χ4n) is 2.97. The number of hydrogen-bond acceptors (Lipinski definition) is 5. The van der Waals surface area contributed by atoms with Gasteiger partial charge >= 0.3 is 5.97 Å². The Morgan fingerprint density at radius 1 is 1.22 bits per heavy atom. The van der Waals surface area contributed by atoms with Crippen molar-refractivity contribution in [2.75, 3.05) is 23.4 Å². The maximum Gasteiger partial charge on any atom is 0.338 e. The summed E-state index contributed by atoms with van der Waals surface area (Å²) in [5.74, 6) is -0.739. The van der Waals surface area contributed by atoms with Gasteiger partial charge in [0.15, 0.2) is 0 Å². The Balaban J connectivity index is 1.66. The summed E-state index contributed by atoms with van der Waals surface area (Å²) in [7, 11) is 0. The van der Waals surface area contributed by atoms with Crippen LogP contribution in [0.2, 0.25) is 0 Å². The molecule has 1 aromatic heterocycles. The average molecular weight is 367 g/mol. The highest BCUT2D eigenvalue weighted by molar-refractivity contribution is 6.03. The Morgan fingerprint density at radius 2 is 1.96 bits per heavy atom. The molecule has 7 nitrogen and oxygen atoms in total. The highest BCUT2D eigenvalue weighted by Crippen LogP contribution is 2.26. The molecule has 2 aromatic rings. The number of rotatable bonds is 5. The average Bonchev–Trinajstić information content (AvgIpc) is 3.04. The molecule has 1 N–H and O–H groups in total. The second-order valence-corrected chi connectivity index (χ2v) is 6.33. The van der Waals surface area contributed by atoms with Crippen LogP contribution in [0.5, 0.6) is 0 Å². The molecule has 1 atom stereocenters. The Morgan fingerprint density at radius 3 is 2.63 bits per heavy atom. The lowest BCUT2D eigenvalue weighted by Gasteiger charge is -2.17. The number of nitrogens with zero attached hydrogens (tertiary/aromatic N) is 2. The van der Waals surface area contributed by atoms with Crippen LogP contribution in [0.25, 0.3) is 0 Å². The number of aromatic nitrogens is 1. The van der Waals surface area contributed by atoms with Gasteiger partial charge in [0.2, 0.25) is 11.8 Å². The molecule has 7 heteroatoms. The van der Waals surface area contributed by atoms with Crippen LogP contribution in [-0.2, 0) is 14.3 Å².